The van der Waals surface area contributed by atoms with Crippen LogP contribution in [0.5, 0.6) is 0 Å². The van der Waals surface area contributed by atoms with E-state index in [9.17, 15) is 23.3 Å². The van der Waals surface area contributed by atoms with Gasteiger partial charge in [0.2, 0.25) is 15.9 Å². The van der Waals surface area contributed by atoms with Gasteiger partial charge in [0.1, 0.15) is 6.04 Å². The van der Waals surface area contributed by atoms with Gasteiger partial charge in [-0.05, 0) is 6.07 Å². The van der Waals surface area contributed by atoms with Crippen LogP contribution in [0.4, 0.5) is 5.69 Å². The highest BCUT2D eigenvalue weighted by molar-refractivity contribution is 7.89. The van der Waals surface area contributed by atoms with Crippen LogP contribution in [-0.4, -0.2) is 80.4 Å². The molecule has 3 rings (SSSR count). The van der Waals surface area contributed by atoms with Crippen LogP contribution in [0.15, 0.2) is 29.2 Å². The molecule has 0 saturated carbocycles. The largest absolute Gasteiger partial charge is 0.378 e. The number of carbonyl (C=O) groups excluding carboxylic acids is 1. The minimum absolute atomic E-state index is 0.0910. The molecule has 2 aliphatic heterocycles. The predicted molar refractivity (Wildman–Crippen MR) is 91.0 cm³/mol. The highest BCUT2D eigenvalue weighted by Gasteiger charge is 2.35. The van der Waals surface area contributed by atoms with Gasteiger partial charge in [-0.25, -0.2) is 8.42 Å². The van der Waals surface area contributed by atoms with Crippen molar-refractivity contribution in [1.82, 2.24) is 14.5 Å². The highest BCUT2D eigenvalue weighted by Crippen LogP contribution is 2.27. The number of piperazine rings is 1. The Hall–Kier alpha value is -2.08. The quantitative estimate of drug-likeness (QED) is 0.544. The van der Waals surface area contributed by atoms with Crippen LogP contribution in [0.3, 0.4) is 0 Å². The normalized spacial score (nSPS) is 22.2. The fraction of sp³-hybridized carbons (Fsp3) is 0.533. The molecule has 1 N–H and O–H groups in total. The zero-order chi connectivity index (χ0) is 18.7. The van der Waals surface area contributed by atoms with E-state index >= 15 is 0 Å². The molecule has 0 aliphatic carbocycles. The van der Waals surface area contributed by atoms with Crippen molar-refractivity contribution in [1.29, 1.82) is 0 Å². The molecule has 0 spiro atoms. The molecule has 1 unspecified atom stereocenters. The lowest BCUT2D eigenvalue weighted by Crippen LogP contribution is -2.57. The third-order valence-corrected chi connectivity index (χ3v) is 6.40. The Labute approximate surface area is 150 Å². The Morgan fingerprint density at radius 1 is 1.23 bits per heavy atom. The summed E-state index contributed by atoms with van der Waals surface area (Å²) in [6.45, 7) is 2.11. The second-order valence-corrected chi connectivity index (χ2v) is 7.94. The molecule has 11 heteroatoms. The van der Waals surface area contributed by atoms with Crippen LogP contribution in [0.2, 0.25) is 0 Å². The summed E-state index contributed by atoms with van der Waals surface area (Å²) >= 11 is 0. The van der Waals surface area contributed by atoms with Crippen molar-refractivity contribution in [3.05, 3.63) is 34.4 Å². The van der Waals surface area contributed by atoms with Crippen molar-refractivity contribution in [3.63, 3.8) is 0 Å². The maximum atomic E-state index is 12.8. The van der Waals surface area contributed by atoms with Crippen LogP contribution in [0.1, 0.15) is 0 Å². The molecule has 1 amide bonds. The molecule has 142 valence electrons. The SMILES string of the molecule is O=C(C1COCCN1)N1CCN(S(=O)(=O)c2ccccc2[N+](=O)[O-])CC1. The molecule has 1 atom stereocenters. The average molecular weight is 384 g/mol. The number of nitrogens with one attached hydrogen (secondary N) is 1. The summed E-state index contributed by atoms with van der Waals surface area (Å²) in [4.78, 5) is 24.1. The lowest BCUT2D eigenvalue weighted by atomic mass is 10.2. The fourth-order valence-corrected chi connectivity index (χ4v) is 4.64. The molecular weight excluding hydrogens is 364 g/mol. The standard InChI is InChI=1S/C15H20N4O6S/c20-15(12-11-25-10-5-16-12)17-6-8-18(9-7-17)26(23,24)14-4-2-1-3-13(14)19(21)22/h1-4,12,16H,5-11H2. The van der Waals surface area contributed by atoms with Crippen LogP contribution >= 0.6 is 0 Å². The van der Waals surface area contributed by atoms with Gasteiger partial charge in [-0.2, -0.15) is 4.31 Å². The zero-order valence-electron chi connectivity index (χ0n) is 14.0. The van der Waals surface area contributed by atoms with Crippen molar-refractivity contribution < 1.29 is 22.9 Å². The lowest BCUT2D eigenvalue weighted by Gasteiger charge is -2.36. The predicted octanol–water partition coefficient (Wildman–Crippen LogP) is -0.584. The molecule has 2 aliphatic rings. The summed E-state index contributed by atoms with van der Waals surface area (Å²) in [5, 5.41) is 14.2. The van der Waals surface area contributed by atoms with Gasteiger partial charge in [0, 0.05) is 38.8 Å². The van der Waals surface area contributed by atoms with E-state index < -0.39 is 26.7 Å². The molecule has 2 saturated heterocycles. The number of benzene rings is 1. The first kappa shape index (κ1) is 18.7. The maximum Gasteiger partial charge on any atom is 0.289 e. The number of nitro benzene ring substituents is 1. The summed E-state index contributed by atoms with van der Waals surface area (Å²) in [5.41, 5.74) is -0.449. The monoisotopic (exact) mass is 384 g/mol. The summed E-state index contributed by atoms with van der Waals surface area (Å²) in [6, 6.07) is 4.86. The number of nitro groups is 1. The third kappa shape index (κ3) is 3.70. The Kier molecular flexibility index (Phi) is 5.51. The molecule has 0 bridgehead atoms. The maximum absolute atomic E-state index is 12.8. The Bertz CT molecular complexity index is 785. The van der Waals surface area contributed by atoms with E-state index in [4.69, 9.17) is 4.74 Å². The Morgan fingerprint density at radius 2 is 1.92 bits per heavy atom. The summed E-state index contributed by atoms with van der Waals surface area (Å²) in [7, 11) is -4.00. The average Bonchev–Trinajstić information content (AvgIpc) is 2.68. The molecule has 26 heavy (non-hydrogen) atoms. The molecule has 10 nitrogen and oxygen atoms in total. The van der Waals surface area contributed by atoms with Gasteiger partial charge >= 0.3 is 0 Å². The number of carbonyl (C=O) groups is 1. The number of hydrogen-bond donors (Lipinski definition) is 1. The first-order chi connectivity index (χ1) is 12.4. The number of rotatable bonds is 4. The van der Waals surface area contributed by atoms with Gasteiger partial charge in [0.05, 0.1) is 18.1 Å². The molecule has 2 fully saturated rings. The number of morpholine rings is 1. The molecular formula is C15H20N4O6S. The van der Waals surface area contributed by atoms with E-state index in [0.717, 1.165) is 0 Å². The van der Waals surface area contributed by atoms with Gasteiger partial charge in [-0.3, -0.25) is 14.9 Å². The Morgan fingerprint density at radius 3 is 2.54 bits per heavy atom. The van der Waals surface area contributed by atoms with Crippen LogP contribution in [0, 0.1) is 10.1 Å². The second kappa shape index (κ2) is 7.66. The van der Waals surface area contributed by atoms with Gasteiger partial charge in [-0.1, -0.05) is 12.1 Å². The van der Waals surface area contributed by atoms with Gasteiger partial charge in [0.25, 0.3) is 5.69 Å². The number of ether oxygens (including phenoxy) is 1. The molecule has 2 heterocycles. The third-order valence-electron chi connectivity index (χ3n) is 4.45. The van der Waals surface area contributed by atoms with E-state index in [1.165, 1.54) is 28.6 Å². The Balaban J connectivity index is 1.69. The smallest absolute Gasteiger partial charge is 0.289 e. The molecule has 1 aromatic rings. The van der Waals surface area contributed by atoms with E-state index in [2.05, 4.69) is 5.32 Å². The van der Waals surface area contributed by atoms with Gasteiger partial charge in [0.15, 0.2) is 4.90 Å². The lowest BCUT2D eigenvalue weighted by molar-refractivity contribution is -0.387. The first-order valence-electron chi connectivity index (χ1n) is 8.25. The number of amides is 1. The van der Waals surface area contributed by atoms with Gasteiger partial charge in [-0.15, -0.1) is 0 Å². The number of hydrogen-bond acceptors (Lipinski definition) is 7. The summed E-state index contributed by atoms with van der Waals surface area (Å²) in [5.74, 6) is -0.118. The van der Waals surface area contributed by atoms with Gasteiger partial charge < -0.3 is 15.0 Å². The van der Waals surface area contributed by atoms with Crippen molar-refractivity contribution in [3.8, 4) is 0 Å². The van der Waals surface area contributed by atoms with E-state index in [-0.39, 0.29) is 37.0 Å². The number of sulfonamides is 1. The molecule has 0 aromatic heterocycles. The van der Waals surface area contributed by atoms with Crippen LogP contribution in [-0.2, 0) is 19.6 Å². The summed E-state index contributed by atoms with van der Waals surface area (Å²) < 4.78 is 32.0. The van der Waals surface area contributed by atoms with Crippen molar-refractivity contribution in [2.24, 2.45) is 0 Å². The topological polar surface area (TPSA) is 122 Å². The second-order valence-electron chi connectivity index (χ2n) is 6.04. The van der Waals surface area contributed by atoms with E-state index in [1.54, 1.807) is 4.90 Å². The van der Waals surface area contributed by atoms with Crippen molar-refractivity contribution in [2.45, 2.75) is 10.9 Å². The number of nitrogens with zero attached hydrogens (tertiary/aromatic N) is 3. The zero-order valence-corrected chi connectivity index (χ0v) is 14.9. The highest BCUT2D eigenvalue weighted by atomic mass is 32.2. The summed E-state index contributed by atoms with van der Waals surface area (Å²) in [6.07, 6.45) is 0. The minimum atomic E-state index is -4.00. The van der Waals surface area contributed by atoms with Crippen molar-refractivity contribution >= 4 is 21.6 Å². The minimum Gasteiger partial charge on any atom is -0.378 e. The van der Waals surface area contributed by atoms with Crippen LogP contribution in [0.25, 0.3) is 0 Å². The van der Waals surface area contributed by atoms with Crippen LogP contribution < -0.4 is 5.32 Å². The fourth-order valence-electron chi connectivity index (χ4n) is 3.06. The molecule has 0 radical (unpaired) electrons. The van der Waals surface area contributed by atoms with Crippen molar-refractivity contribution in [2.75, 3.05) is 45.9 Å². The van der Waals surface area contributed by atoms with E-state index in [0.29, 0.717) is 19.8 Å². The first-order valence-corrected chi connectivity index (χ1v) is 9.69. The number of para-hydroxylation sites is 1. The molecule has 1 aromatic carbocycles. The van der Waals surface area contributed by atoms with E-state index in [1.807, 2.05) is 0 Å².